The van der Waals surface area contributed by atoms with Crippen molar-refractivity contribution in [1.82, 2.24) is 51.0 Å². The van der Waals surface area contributed by atoms with Gasteiger partial charge in [-0.1, -0.05) is 80.8 Å². The van der Waals surface area contributed by atoms with Crippen molar-refractivity contribution in [1.29, 1.82) is 0 Å². The number of likely N-dealkylation sites (tertiary alicyclic amines) is 2. The van der Waals surface area contributed by atoms with Gasteiger partial charge in [-0.15, -0.1) is 0 Å². The van der Waals surface area contributed by atoms with Crippen molar-refractivity contribution in [2.24, 2.45) is 23.2 Å². The van der Waals surface area contributed by atoms with E-state index < -0.39 is 47.3 Å². The van der Waals surface area contributed by atoms with E-state index in [1.807, 2.05) is 48.5 Å². The number of carbonyl (C=O) groups is 6. The molecule has 2 saturated carbocycles. The number of hydrogen-bond donors (Lipinski definition) is 6. The minimum atomic E-state index is -2.76. The van der Waals surface area contributed by atoms with Gasteiger partial charge in [-0.25, -0.2) is 8.78 Å². The summed E-state index contributed by atoms with van der Waals surface area (Å²) >= 11 is 0. The number of fused-ring (bicyclic) bond motifs is 3. The third-order valence-electron chi connectivity index (χ3n) is 18.9. The average molecular weight is 1220 g/mol. The quantitative estimate of drug-likeness (QED) is 0.0359. The first-order valence-corrected chi connectivity index (χ1v) is 31.6. The Morgan fingerprint density at radius 2 is 1.43 bits per heavy atom. The number of halogens is 2. The molecule has 8 atom stereocenters. The molecule has 4 fully saturated rings. The summed E-state index contributed by atoms with van der Waals surface area (Å²) in [6.07, 6.45) is 11.4. The number of ether oxygens (including phenoxy) is 5. The number of benzene rings is 2. The fourth-order valence-electron chi connectivity index (χ4n) is 13.6. The molecule has 2 aliphatic heterocycles. The van der Waals surface area contributed by atoms with E-state index in [9.17, 15) is 37.5 Å². The molecular weight excluding hydrogens is 1140 g/mol. The van der Waals surface area contributed by atoms with Crippen LogP contribution in [0.3, 0.4) is 0 Å². The van der Waals surface area contributed by atoms with Crippen molar-refractivity contribution in [2.45, 2.75) is 139 Å². The highest BCUT2D eigenvalue weighted by Crippen LogP contribution is 2.70. The van der Waals surface area contributed by atoms with Crippen molar-refractivity contribution in [3.8, 4) is 0 Å². The number of aryl methyl sites for hydroxylation is 1. The van der Waals surface area contributed by atoms with Gasteiger partial charge in [0.15, 0.2) is 5.69 Å². The molecule has 22 nitrogen and oxygen atoms in total. The Morgan fingerprint density at radius 1 is 0.773 bits per heavy atom. The lowest BCUT2D eigenvalue weighted by Crippen LogP contribution is -2.58. The van der Waals surface area contributed by atoms with Gasteiger partial charge in [-0.05, 0) is 81.5 Å². The summed E-state index contributed by atoms with van der Waals surface area (Å²) < 4.78 is 59.1. The fourth-order valence-corrected chi connectivity index (χ4v) is 13.6. The minimum absolute atomic E-state index is 0.0146. The van der Waals surface area contributed by atoms with Crippen molar-refractivity contribution in [2.75, 3.05) is 98.1 Å². The van der Waals surface area contributed by atoms with Gasteiger partial charge in [0.05, 0.1) is 102 Å². The summed E-state index contributed by atoms with van der Waals surface area (Å²) in [7, 11) is 1.70. The Kier molecular flexibility index (Phi) is 21.7. The smallest absolute Gasteiger partial charge is 0.276 e. The summed E-state index contributed by atoms with van der Waals surface area (Å²) in [6.45, 7) is 7.60. The number of likely N-dealkylation sites (N-methyl/N-ethyl adjacent to an activating group) is 1. The monoisotopic (exact) mass is 1220 g/mol. The molecule has 10 rings (SSSR count). The third kappa shape index (κ3) is 15.3. The molecule has 6 N–H and O–H groups in total. The highest BCUT2D eigenvalue weighted by Gasteiger charge is 2.78. The number of carbonyl (C=O) groups excluding carboxylic acids is 6. The Bertz CT molecular complexity index is 3030. The van der Waals surface area contributed by atoms with Gasteiger partial charge in [-0.3, -0.25) is 38.5 Å². The highest BCUT2D eigenvalue weighted by atomic mass is 19.3. The van der Waals surface area contributed by atoms with Crippen LogP contribution in [-0.2, 0) is 66.9 Å². The molecule has 6 aliphatic rings. The molecule has 4 heterocycles. The van der Waals surface area contributed by atoms with Crippen LogP contribution in [-0.4, -0.2) is 188 Å². The number of anilines is 1. The van der Waals surface area contributed by atoms with Crippen LogP contribution >= 0.6 is 0 Å². The Labute approximate surface area is 512 Å². The first-order valence-electron chi connectivity index (χ1n) is 31.6. The number of aromatic amines is 1. The number of H-pyrrole nitrogens is 1. The van der Waals surface area contributed by atoms with Crippen LogP contribution in [0.2, 0.25) is 0 Å². The second-order valence-electron chi connectivity index (χ2n) is 24.7. The van der Waals surface area contributed by atoms with Gasteiger partial charge in [0.1, 0.15) is 12.1 Å². The average Bonchev–Trinajstić information content (AvgIpc) is 1.69. The predicted molar refractivity (Wildman–Crippen MR) is 320 cm³/mol. The summed E-state index contributed by atoms with van der Waals surface area (Å²) in [5.74, 6) is -5.14. The molecule has 2 aromatic carbocycles. The normalized spacial score (nSPS) is 23.1. The lowest BCUT2D eigenvalue weighted by atomic mass is 9.83. The van der Waals surface area contributed by atoms with Gasteiger partial charge in [-0.2, -0.15) is 10.2 Å². The van der Waals surface area contributed by atoms with Gasteiger partial charge in [0, 0.05) is 73.2 Å². The lowest BCUT2D eigenvalue weighted by molar-refractivity contribution is -0.143. The van der Waals surface area contributed by atoms with E-state index in [2.05, 4.69) is 47.9 Å². The topological polar surface area (TPSA) is 262 Å². The first-order chi connectivity index (χ1) is 42.6. The Morgan fingerprint density at radius 3 is 2.12 bits per heavy atom. The highest BCUT2D eigenvalue weighted by molar-refractivity contribution is 6.04. The molecule has 2 saturated heterocycles. The maximum Gasteiger partial charge on any atom is 0.276 e. The molecule has 88 heavy (non-hydrogen) atoms. The molecular formula is C64H87F2N11O11. The van der Waals surface area contributed by atoms with E-state index in [1.54, 1.807) is 47.8 Å². The predicted octanol–water partition coefficient (Wildman–Crippen LogP) is 5.09. The maximum atomic E-state index is 14.7. The number of alkyl halides is 2. The fraction of sp³-hybridized carbons (Fsp3) is 0.625. The molecule has 24 heteroatoms. The van der Waals surface area contributed by atoms with Crippen molar-refractivity contribution >= 4 is 41.1 Å². The van der Waals surface area contributed by atoms with Crippen LogP contribution in [0.25, 0.3) is 0 Å². The van der Waals surface area contributed by atoms with Gasteiger partial charge < -0.3 is 60.1 Å². The zero-order chi connectivity index (χ0) is 61.8. The van der Waals surface area contributed by atoms with Crippen molar-refractivity contribution in [3.05, 3.63) is 101 Å². The summed E-state index contributed by atoms with van der Waals surface area (Å²) in [6, 6.07) is 15.0. The summed E-state index contributed by atoms with van der Waals surface area (Å²) in [5.41, 5.74) is 3.90. The maximum absolute atomic E-state index is 14.7. The van der Waals surface area contributed by atoms with E-state index in [4.69, 9.17) is 23.7 Å². The molecule has 2 unspecified atom stereocenters. The Balaban J connectivity index is 0.564. The minimum Gasteiger partial charge on any atom is -0.379 e. The molecule has 0 radical (unpaired) electrons. The summed E-state index contributed by atoms with van der Waals surface area (Å²) in [4.78, 5) is 85.3. The lowest BCUT2D eigenvalue weighted by Gasteiger charge is -2.43. The van der Waals surface area contributed by atoms with Gasteiger partial charge in [0.2, 0.25) is 29.5 Å². The third-order valence-corrected chi connectivity index (χ3v) is 18.9. The summed E-state index contributed by atoms with van der Waals surface area (Å²) in [5, 5.41) is 26.8. The Hall–Kier alpha value is -6.70. The zero-order valence-electron chi connectivity index (χ0n) is 50.9. The standard InChI is InChI=1S/C64H87F2N11O11/c1-41(67-3)59(80)72-56(43-14-6-4-7-15-43)62(83)76-39-46(33-52(76)60(81)71-50-20-12-18-42-13-10-11-19-48(42)50)69-54(78)21-23-84-25-27-86-29-31-88-32-30-87-28-26-85-24-22-55(79)75-37-45(38-75)58(44-16-8-5-9-17-44)77-40-47(36-68-77)70-61(82)57-49-34-53-63(2,64(53,65)66)35-51(49)73-74-57/h5,8-11,13,16-17,19,36,40-41,43,45-46,50,52-53,56,58,67H,4,6-7,12,14-15,18,20-35,37-39H2,1-3H3,(H,69,78)(H,70,82)(H,71,81)(H,72,80)(H,73,74)/t41-,46-,50+,52-,53?,56-,58+,63?/m0/s1. The number of nitrogens with one attached hydrogen (secondary N) is 6. The van der Waals surface area contributed by atoms with Crippen LogP contribution in [0.4, 0.5) is 14.5 Å². The largest absolute Gasteiger partial charge is 0.379 e. The van der Waals surface area contributed by atoms with Crippen LogP contribution in [0.5, 0.6) is 0 Å². The van der Waals surface area contributed by atoms with E-state index in [0.717, 1.165) is 62.5 Å². The molecule has 2 aromatic heterocycles. The molecule has 0 spiro atoms. The SMILES string of the molecule is CN[C@@H](C)C(=O)N[C@H](C(=O)N1C[C@@H](NC(=O)CCOCCOCCOCCOCCOCCC(=O)N2CC([C@@H](c3ccccc3)n3cc(NC(=O)c4n[nH]c5c4CC4C(F)(F)C4(C)C5)cn3)C2)C[C@H]1C(=O)N[C@@H]1CCCc2ccccc21)C1CCCCC1. The molecule has 0 bridgehead atoms. The van der Waals surface area contributed by atoms with Crippen LogP contribution in [0.1, 0.15) is 129 Å². The van der Waals surface area contributed by atoms with Crippen LogP contribution < -0.4 is 26.6 Å². The van der Waals surface area contributed by atoms with Crippen LogP contribution in [0.15, 0.2) is 67.0 Å². The van der Waals surface area contributed by atoms with Crippen molar-refractivity contribution < 1.29 is 61.2 Å². The number of amides is 6. The van der Waals surface area contributed by atoms with Crippen molar-refractivity contribution in [3.63, 3.8) is 0 Å². The second-order valence-corrected chi connectivity index (χ2v) is 24.7. The van der Waals surface area contributed by atoms with Crippen LogP contribution in [0, 0.1) is 23.2 Å². The molecule has 6 amide bonds. The van der Waals surface area contributed by atoms with Gasteiger partial charge >= 0.3 is 0 Å². The second kappa shape index (κ2) is 29.7. The van der Waals surface area contributed by atoms with E-state index in [0.29, 0.717) is 76.3 Å². The number of hydrogen-bond acceptors (Lipinski definition) is 14. The van der Waals surface area contributed by atoms with E-state index in [1.165, 1.54) is 5.56 Å². The number of aromatic nitrogens is 4. The number of rotatable bonds is 31. The van der Waals surface area contributed by atoms with E-state index in [-0.39, 0.29) is 118 Å². The first kappa shape index (κ1) is 64.3. The number of nitrogens with zero attached hydrogens (tertiary/aromatic N) is 5. The molecule has 478 valence electrons. The zero-order valence-corrected chi connectivity index (χ0v) is 50.9. The molecule has 4 aromatic rings. The van der Waals surface area contributed by atoms with Gasteiger partial charge in [0.25, 0.3) is 11.8 Å². The van der Waals surface area contributed by atoms with E-state index >= 15 is 0 Å². The molecule has 4 aliphatic carbocycles.